The van der Waals surface area contributed by atoms with E-state index in [0.29, 0.717) is 6.61 Å². The van der Waals surface area contributed by atoms with Crippen molar-refractivity contribution in [1.29, 1.82) is 0 Å². The monoisotopic (exact) mass is 142 g/mol. The Hall–Kier alpha value is -0.500. The van der Waals surface area contributed by atoms with E-state index in [9.17, 15) is 0 Å². The lowest BCUT2D eigenvalue weighted by molar-refractivity contribution is 0.140. The molecular weight excluding hydrogens is 128 g/mol. The van der Waals surface area contributed by atoms with E-state index in [0.717, 1.165) is 12.4 Å². The first-order valence-electron chi connectivity index (χ1n) is 3.87. The van der Waals surface area contributed by atoms with Crippen molar-refractivity contribution in [1.82, 2.24) is 0 Å². The van der Waals surface area contributed by atoms with Crippen LogP contribution in [-0.2, 0) is 9.47 Å². The predicted octanol–water partition coefficient (Wildman–Crippen LogP) is 2.06. The lowest BCUT2D eigenvalue weighted by Crippen LogP contribution is -1.95. The van der Waals surface area contributed by atoms with Crippen LogP contribution in [0.4, 0.5) is 0 Å². The average Bonchev–Trinajstić information content (AvgIpc) is 2.71. The highest BCUT2D eigenvalue weighted by molar-refractivity contribution is 5.02. The van der Waals surface area contributed by atoms with E-state index in [1.54, 1.807) is 6.26 Å². The van der Waals surface area contributed by atoms with Gasteiger partial charge in [0.05, 0.1) is 0 Å². The molecule has 10 heavy (non-hydrogen) atoms. The maximum Gasteiger partial charge on any atom is 0.164 e. The molecule has 0 amide bonds. The van der Waals surface area contributed by atoms with Crippen LogP contribution in [0.3, 0.4) is 0 Å². The lowest BCUT2D eigenvalue weighted by atomic mass is 10.3. The summed E-state index contributed by atoms with van der Waals surface area (Å²) in [5.41, 5.74) is 0. The molecule has 0 N–H and O–H groups in total. The molecule has 1 aliphatic heterocycles. The summed E-state index contributed by atoms with van der Waals surface area (Å²) in [5.74, 6) is 0.983. The van der Waals surface area contributed by atoms with Crippen LogP contribution >= 0.6 is 0 Å². The van der Waals surface area contributed by atoms with Gasteiger partial charge < -0.3 is 9.47 Å². The molecule has 0 saturated carbocycles. The molecule has 2 heteroatoms. The number of hydrogen-bond acceptors (Lipinski definition) is 2. The molecule has 0 radical (unpaired) electrons. The first kappa shape index (κ1) is 7.61. The van der Waals surface area contributed by atoms with Gasteiger partial charge in [0.2, 0.25) is 0 Å². The van der Waals surface area contributed by atoms with Gasteiger partial charge in [0.1, 0.15) is 12.9 Å². The second-order valence-electron chi connectivity index (χ2n) is 2.46. The van der Waals surface area contributed by atoms with Gasteiger partial charge >= 0.3 is 0 Å². The minimum atomic E-state index is 0.670. The number of ether oxygens (including phenoxy) is 2. The highest BCUT2D eigenvalue weighted by Crippen LogP contribution is 2.12. The first-order chi connectivity index (χ1) is 4.93. The van der Waals surface area contributed by atoms with Crippen LogP contribution in [-0.4, -0.2) is 13.2 Å². The third kappa shape index (κ3) is 3.51. The van der Waals surface area contributed by atoms with E-state index in [-0.39, 0.29) is 0 Å². The number of hydrogen-bond donors (Lipinski definition) is 0. The standard InChI is InChI=1S/C8H14O2/c1-2-3-4-5-9-6-8-7-10-8/h7H,2-6H2,1H3. The van der Waals surface area contributed by atoms with Crippen LogP contribution in [0.25, 0.3) is 0 Å². The molecule has 1 rings (SSSR count). The highest BCUT2D eigenvalue weighted by atomic mass is 16.6. The predicted molar refractivity (Wildman–Crippen MR) is 39.5 cm³/mol. The Balaban J connectivity index is 1.72. The molecule has 0 atom stereocenters. The Morgan fingerprint density at radius 2 is 2.30 bits per heavy atom. The van der Waals surface area contributed by atoms with Gasteiger partial charge in [-0.25, -0.2) is 0 Å². The molecule has 0 fully saturated rings. The van der Waals surface area contributed by atoms with Crippen LogP contribution in [0, 0.1) is 0 Å². The van der Waals surface area contributed by atoms with Crippen molar-refractivity contribution in [2.45, 2.75) is 26.2 Å². The zero-order valence-corrected chi connectivity index (χ0v) is 6.43. The summed E-state index contributed by atoms with van der Waals surface area (Å²) in [7, 11) is 0. The van der Waals surface area contributed by atoms with Crippen LogP contribution in [0.5, 0.6) is 0 Å². The quantitative estimate of drug-likeness (QED) is 0.529. The van der Waals surface area contributed by atoms with Crippen molar-refractivity contribution < 1.29 is 9.47 Å². The van der Waals surface area contributed by atoms with Gasteiger partial charge in [-0.1, -0.05) is 19.8 Å². The Labute approximate surface area is 61.8 Å². The Morgan fingerprint density at radius 1 is 1.50 bits per heavy atom. The highest BCUT2D eigenvalue weighted by Gasteiger charge is 2.08. The lowest BCUT2D eigenvalue weighted by Gasteiger charge is -1.97. The molecule has 0 bridgehead atoms. The molecule has 0 aromatic carbocycles. The molecule has 0 unspecified atom stereocenters. The summed E-state index contributed by atoms with van der Waals surface area (Å²) in [6.07, 6.45) is 5.41. The summed E-state index contributed by atoms with van der Waals surface area (Å²) in [6, 6.07) is 0. The van der Waals surface area contributed by atoms with Crippen LogP contribution < -0.4 is 0 Å². The van der Waals surface area contributed by atoms with Gasteiger partial charge in [-0.05, 0) is 6.42 Å². The van der Waals surface area contributed by atoms with Gasteiger partial charge in [-0.3, -0.25) is 0 Å². The SMILES string of the molecule is CCCCCOCC1=CO1. The molecule has 0 saturated heterocycles. The van der Waals surface area contributed by atoms with Crippen LogP contribution in [0.15, 0.2) is 12.0 Å². The summed E-state index contributed by atoms with van der Waals surface area (Å²) < 4.78 is 10.0. The summed E-state index contributed by atoms with van der Waals surface area (Å²) >= 11 is 0. The zero-order valence-electron chi connectivity index (χ0n) is 6.43. The third-order valence-corrected chi connectivity index (χ3v) is 1.42. The van der Waals surface area contributed by atoms with Crippen molar-refractivity contribution in [3.05, 3.63) is 12.0 Å². The van der Waals surface area contributed by atoms with Crippen LogP contribution in [0.1, 0.15) is 26.2 Å². The number of unbranched alkanes of at least 4 members (excludes halogenated alkanes) is 2. The van der Waals surface area contributed by atoms with Crippen molar-refractivity contribution in [2.24, 2.45) is 0 Å². The molecule has 1 aliphatic rings. The maximum absolute atomic E-state index is 5.27. The molecule has 0 aromatic heterocycles. The van der Waals surface area contributed by atoms with Crippen molar-refractivity contribution in [3.63, 3.8) is 0 Å². The van der Waals surface area contributed by atoms with E-state index in [2.05, 4.69) is 6.92 Å². The van der Waals surface area contributed by atoms with Crippen molar-refractivity contribution in [2.75, 3.05) is 13.2 Å². The molecule has 0 spiro atoms. The van der Waals surface area contributed by atoms with E-state index >= 15 is 0 Å². The molecule has 0 aromatic rings. The molecular formula is C8H14O2. The van der Waals surface area contributed by atoms with E-state index in [1.807, 2.05) is 0 Å². The molecule has 2 nitrogen and oxygen atoms in total. The molecule has 58 valence electrons. The second-order valence-corrected chi connectivity index (χ2v) is 2.46. The minimum Gasteiger partial charge on any atom is -0.460 e. The maximum atomic E-state index is 5.27. The average molecular weight is 142 g/mol. The Kier molecular flexibility index (Phi) is 3.30. The fourth-order valence-electron chi connectivity index (χ4n) is 0.737. The van der Waals surface area contributed by atoms with Gasteiger partial charge in [0.25, 0.3) is 0 Å². The van der Waals surface area contributed by atoms with Gasteiger partial charge in [-0.2, -0.15) is 0 Å². The fraction of sp³-hybridized carbons (Fsp3) is 0.750. The molecule has 1 heterocycles. The fourth-order valence-corrected chi connectivity index (χ4v) is 0.737. The first-order valence-corrected chi connectivity index (χ1v) is 3.87. The normalized spacial score (nSPS) is 14.3. The number of rotatable bonds is 6. The van der Waals surface area contributed by atoms with Gasteiger partial charge in [0.15, 0.2) is 5.76 Å². The van der Waals surface area contributed by atoms with Crippen molar-refractivity contribution >= 4 is 0 Å². The van der Waals surface area contributed by atoms with Crippen LogP contribution in [0.2, 0.25) is 0 Å². The summed E-state index contributed by atoms with van der Waals surface area (Å²) in [6.45, 7) is 3.73. The van der Waals surface area contributed by atoms with Gasteiger partial charge in [-0.15, -0.1) is 0 Å². The Bertz CT molecular complexity index is 118. The topological polar surface area (TPSA) is 21.8 Å². The zero-order chi connectivity index (χ0) is 7.23. The smallest absolute Gasteiger partial charge is 0.164 e. The minimum absolute atomic E-state index is 0.670. The van der Waals surface area contributed by atoms with E-state index in [1.165, 1.54) is 19.3 Å². The van der Waals surface area contributed by atoms with Gasteiger partial charge in [0, 0.05) is 6.61 Å². The summed E-state index contributed by atoms with van der Waals surface area (Å²) in [4.78, 5) is 0. The summed E-state index contributed by atoms with van der Waals surface area (Å²) in [5, 5.41) is 0. The third-order valence-electron chi connectivity index (χ3n) is 1.42. The van der Waals surface area contributed by atoms with Crippen molar-refractivity contribution in [3.8, 4) is 0 Å². The largest absolute Gasteiger partial charge is 0.460 e. The second kappa shape index (κ2) is 4.34. The Morgan fingerprint density at radius 3 is 2.90 bits per heavy atom. The van der Waals surface area contributed by atoms with E-state index < -0.39 is 0 Å². The molecule has 0 aliphatic carbocycles. The van der Waals surface area contributed by atoms with E-state index in [4.69, 9.17) is 9.47 Å².